The molecular formula is C26H17BrN2O. The smallest absolute Gasteiger partial charge is 0.266 e. The average molecular weight is 453 g/mol. The van der Waals surface area contributed by atoms with E-state index in [-0.39, 0.29) is 5.91 Å². The molecule has 0 atom stereocenters. The Morgan fingerprint density at radius 2 is 1.53 bits per heavy atom. The van der Waals surface area contributed by atoms with Crippen LogP contribution < -0.4 is 4.90 Å². The third-order valence-corrected chi connectivity index (χ3v) is 5.57. The van der Waals surface area contributed by atoms with Crippen LogP contribution in [0.15, 0.2) is 112 Å². The summed E-state index contributed by atoms with van der Waals surface area (Å²) in [7, 11) is 0. The third kappa shape index (κ3) is 3.36. The summed E-state index contributed by atoms with van der Waals surface area (Å²) in [5, 5.41) is 2.23. The second kappa shape index (κ2) is 7.73. The predicted octanol–water partition coefficient (Wildman–Crippen LogP) is 6.44. The van der Waals surface area contributed by atoms with Gasteiger partial charge >= 0.3 is 0 Å². The van der Waals surface area contributed by atoms with Crippen molar-refractivity contribution in [2.75, 3.05) is 4.90 Å². The van der Waals surface area contributed by atoms with Crippen molar-refractivity contribution in [1.82, 2.24) is 0 Å². The van der Waals surface area contributed by atoms with Crippen molar-refractivity contribution in [1.29, 1.82) is 0 Å². The van der Waals surface area contributed by atoms with Crippen LogP contribution in [0.4, 0.5) is 5.69 Å². The monoisotopic (exact) mass is 452 g/mol. The fourth-order valence-corrected chi connectivity index (χ4v) is 4.06. The molecule has 3 nitrogen and oxygen atoms in total. The van der Waals surface area contributed by atoms with E-state index in [9.17, 15) is 4.79 Å². The first-order valence-corrected chi connectivity index (χ1v) is 10.4. The van der Waals surface area contributed by atoms with Gasteiger partial charge in [-0.2, -0.15) is 0 Å². The van der Waals surface area contributed by atoms with Crippen LogP contribution in [-0.4, -0.2) is 11.7 Å². The summed E-state index contributed by atoms with van der Waals surface area (Å²) < 4.78 is 0.909. The highest BCUT2D eigenvalue weighted by atomic mass is 79.9. The third-order valence-electron chi connectivity index (χ3n) is 5.07. The van der Waals surface area contributed by atoms with Crippen LogP contribution >= 0.6 is 15.9 Å². The van der Waals surface area contributed by atoms with Crippen LogP contribution in [0.2, 0.25) is 0 Å². The topological polar surface area (TPSA) is 32.7 Å². The van der Waals surface area contributed by atoms with Crippen LogP contribution in [0, 0.1) is 0 Å². The fourth-order valence-electron chi connectivity index (χ4n) is 3.68. The summed E-state index contributed by atoms with van der Waals surface area (Å²) >= 11 is 3.51. The lowest BCUT2D eigenvalue weighted by molar-refractivity contribution is -0.113. The van der Waals surface area contributed by atoms with E-state index in [1.54, 1.807) is 4.90 Å². The van der Waals surface area contributed by atoms with Gasteiger partial charge in [-0.15, -0.1) is 0 Å². The Kier molecular flexibility index (Phi) is 4.77. The van der Waals surface area contributed by atoms with Gasteiger partial charge in [-0.1, -0.05) is 94.8 Å². The quantitative estimate of drug-likeness (QED) is 0.329. The number of hydrogen-bond donors (Lipinski definition) is 0. The molecule has 1 aliphatic rings. The van der Waals surface area contributed by atoms with E-state index in [0.29, 0.717) is 11.5 Å². The van der Waals surface area contributed by atoms with Crippen LogP contribution in [0.3, 0.4) is 0 Å². The molecule has 1 heterocycles. The maximum atomic E-state index is 13.5. The van der Waals surface area contributed by atoms with E-state index in [1.807, 2.05) is 84.9 Å². The van der Waals surface area contributed by atoms with Gasteiger partial charge in [-0.3, -0.25) is 9.69 Å². The highest BCUT2D eigenvalue weighted by Crippen LogP contribution is 2.30. The lowest BCUT2D eigenvalue weighted by atomic mass is 10.0. The molecule has 144 valence electrons. The zero-order chi connectivity index (χ0) is 20.5. The molecule has 30 heavy (non-hydrogen) atoms. The number of carbonyl (C=O) groups excluding carboxylic acids is 1. The first kappa shape index (κ1) is 18.5. The van der Waals surface area contributed by atoms with Crippen LogP contribution in [0.25, 0.3) is 16.8 Å². The Hall–Kier alpha value is -3.50. The summed E-state index contributed by atoms with van der Waals surface area (Å²) in [6.45, 7) is 0. The molecule has 0 N–H and O–H groups in total. The number of benzene rings is 4. The molecule has 5 rings (SSSR count). The van der Waals surface area contributed by atoms with Crippen LogP contribution in [0.5, 0.6) is 0 Å². The van der Waals surface area contributed by atoms with E-state index in [1.165, 1.54) is 0 Å². The molecular weight excluding hydrogens is 436 g/mol. The van der Waals surface area contributed by atoms with Crippen molar-refractivity contribution in [2.45, 2.75) is 0 Å². The van der Waals surface area contributed by atoms with Gasteiger partial charge in [-0.05, 0) is 40.6 Å². The first-order valence-electron chi connectivity index (χ1n) is 9.64. The highest BCUT2D eigenvalue weighted by Gasteiger charge is 2.32. The molecule has 0 aromatic heterocycles. The Labute approximate surface area is 183 Å². The second-order valence-corrected chi connectivity index (χ2v) is 7.94. The van der Waals surface area contributed by atoms with Crippen molar-refractivity contribution >= 4 is 50.2 Å². The summed E-state index contributed by atoms with van der Waals surface area (Å²) in [5.74, 6) is 0.491. The zero-order valence-electron chi connectivity index (χ0n) is 16.0. The largest absolute Gasteiger partial charge is 0.282 e. The van der Waals surface area contributed by atoms with Gasteiger partial charge in [0, 0.05) is 10.0 Å². The molecule has 1 aliphatic heterocycles. The molecule has 0 saturated carbocycles. The van der Waals surface area contributed by atoms with Crippen LogP contribution in [-0.2, 0) is 4.79 Å². The van der Waals surface area contributed by atoms with E-state index in [0.717, 1.165) is 32.1 Å². The number of carbonyl (C=O) groups is 1. The standard InChI is InChI=1S/C26H17BrN2O/c27-21-13-7-14-22(17-21)29-25(19-9-2-1-3-10-19)28-24(26(29)30)16-20-12-6-11-18-8-4-5-15-23(18)20/h1-17H/b24-16+. The van der Waals surface area contributed by atoms with Gasteiger partial charge in [0.25, 0.3) is 5.91 Å². The number of aliphatic imine (C=N–C) groups is 1. The number of fused-ring (bicyclic) bond motifs is 1. The van der Waals surface area contributed by atoms with Gasteiger partial charge in [-0.25, -0.2) is 4.99 Å². The number of anilines is 1. The second-order valence-electron chi connectivity index (χ2n) is 7.02. The number of amides is 1. The summed E-state index contributed by atoms with van der Waals surface area (Å²) in [4.78, 5) is 19.9. The van der Waals surface area contributed by atoms with E-state index < -0.39 is 0 Å². The molecule has 0 unspecified atom stereocenters. The lowest BCUT2D eigenvalue weighted by Crippen LogP contribution is -2.32. The van der Waals surface area contributed by atoms with Crippen LogP contribution in [0.1, 0.15) is 11.1 Å². The molecule has 0 saturated heterocycles. The van der Waals surface area contributed by atoms with E-state index >= 15 is 0 Å². The molecule has 0 bridgehead atoms. The molecule has 4 heteroatoms. The maximum absolute atomic E-state index is 13.5. The van der Waals surface area contributed by atoms with Crippen molar-refractivity contribution in [3.63, 3.8) is 0 Å². The van der Waals surface area contributed by atoms with Gasteiger partial charge < -0.3 is 0 Å². The van der Waals surface area contributed by atoms with Crippen molar-refractivity contribution in [3.05, 3.63) is 118 Å². The zero-order valence-corrected chi connectivity index (χ0v) is 17.6. The minimum atomic E-state index is -0.139. The number of amidine groups is 1. The Morgan fingerprint density at radius 1 is 0.800 bits per heavy atom. The lowest BCUT2D eigenvalue weighted by Gasteiger charge is -2.18. The van der Waals surface area contributed by atoms with Crippen molar-refractivity contribution in [3.8, 4) is 0 Å². The summed E-state index contributed by atoms with van der Waals surface area (Å²) in [6.07, 6.45) is 1.88. The predicted molar refractivity (Wildman–Crippen MR) is 127 cm³/mol. The Morgan fingerprint density at radius 3 is 2.37 bits per heavy atom. The number of nitrogens with zero attached hydrogens (tertiary/aromatic N) is 2. The maximum Gasteiger partial charge on any atom is 0.282 e. The Balaban J connectivity index is 1.67. The SMILES string of the molecule is O=C1/C(=C\c2cccc3ccccc23)N=C(c2ccccc2)N1c1cccc(Br)c1. The molecule has 1 amide bonds. The molecule has 4 aromatic carbocycles. The normalized spacial score (nSPS) is 15.1. The van der Waals surface area contributed by atoms with E-state index in [4.69, 9.17) is 4.99 Å². The minimum absolute atomic E-state index is 0.139. The number of halogens is 1. The van der Waals surface area contributed by atoms with Gasteiger partial charge in [0.2, 0.25) is 0 Å². The van der Waals surface area contributed by atoms with Gasteiger partial charge in [0.1, 0.15) is 11.5 Å². The van der Waals surface area contributed by atoms with Gasteiger partial charge in [0.15, 0.2) is 0 Å². The highest BCUT2D eigenvalue weighted by molar-refractivity contribution is 9.10. The number of rotatable bonds is 3. The van der Waals surface area contributed by atoms with Crippen molar-refractivity contribution < 1.29 is 4.79 Å². The van der Waals surface area contributed by atoms with Gasteiger partial charge in [0.05, 0.1) is 5.69 Å². The molecule has 0 aliphatic carbocycles. The summed E-state index contributed by atoms with van der Waals surface area (Å²) in [6, 6.07) is 31.7. The summed E-state index contributed by atoms with van der Waals surface area (Å²) in [5.41, 5.74) is 3.07. The number of hydrogen-bond acceptors (Lipinski definition) is 2. The molecule has 4 aromatic rings. The first-order chi connectivity index (χ1) is 14.7. The molecule has 0 radical (unpaired) electrons. The molecule has 0 spiro atoms. The minimum Gasteiger partial charge on any atom is -0.266 e. The molecule has 0 fully saturated rings. The van der Waals surface area contributed by atoms with Crippen molar-refractivity contribution in [2.24, 2.45) is 4.99 Å². The fraction of sp³-hybridized carbons (Fsp3) is 0. The average Bonchev–Trinajstić information content (AvgIpc) is 3.11. The van der Waals surface area contributed by atoms with E-state index in [2.05, 4.69) is 34.1 Å². The Bertz CT molecular complexity index is 1320.